The minimum absolute atomic E-state index is 0.787. The van der Waals surface area contributed by atoms with E-state index in [1.165, 1.54) is 24.9 Å². The van der Waals surface area contributed by atoms with Gasteiger partial charge in [-0.3, -0.25) is 0 Å². The third kappa shape index (κ3) is 2.71. The molecule has 3 N–H and O–H groups in total. The van der Waals surface area contributed by atoms with Crippen LogP contribution in [0, 0.1) is 5.92 Å². The first-order chi connectivity index (χ1) is 8.92. The van der Waals surface area contributed by atoms with Crippen molar-refractivity contribution in [3.8, 4) is 0 Å². The Bertz CT molecular complexity index is 499. The summed E-state index contributed by atoms with van der Waals surface area (Å²) in [5.41, 5.74) is 3.47. The Morgan fingerprint density at radius 3 is 3.28 bits per heavy atom. The number of hydrogen-bond donors (Lipinski definition) is 3. The molecule has 0 aliphatic carbocycles. The molecule has 1 fully saturated rings. The van der Waals surface area contributed by atoms with E-state index in [-0.39, 0.29) is 0 Å². The zero-order valence-corrected chi connectivity index (χ0v) is 10.6. The minimum atomic E-state index is 0.787. The number of nitrogens with one attached hydrogen (secondary N) is 3. The molecule has 0 spiro atoms. The van der Waals surface area contributed by atoms with E-state index in [9.17, 15) is 0 Å². The van der Waals surface area contributed by atoms with Crippen molar-refractivity contribution in [1.29, 1.82) is 0 Å². The van der Waals surface area contributed by atoms with Crippen molar-refractivity contribution in [3.05, 3.63) is 30.1 Å². The number of nitrogens with zero attached hydrogens (tertiary/aromatic N) is 1. The van der Waals surface area contributed by atoms with E-state index in [2.05, 4.69) is 38.8 Å². The fraction of sp³-hybridized carbons (Fsp3) is 0.500. The molecule has 3 rings (SSSR count). The number of imidazole rings is 1. The standard InChI is InChI=1S/C14H20N4/c1-2-12(8-15-5-1)9-16-7-11-3-4-13-14(6-11)18-10-17-13/h3-4,6,10,12,15-16H,1-2,5,7-9H2,(H,17,18). The highest BCUT2D eigenvalue weighted by molar-refractivity contribution is 5.74. The van der Waals surface area contributed by atoms with E-state index >= 15 is 0 Å². The van der Waals surface area contributed by atoms with Gasteiger partial charge < -0.3 is 15.6 Å². The van der Waals surface area contributed by atoms with Crippen LogP contribution in [0.5, 0.6) is 0 Å². The number of piperidine rings is 1. The van der Waals surface area contributed by atoms with Crippen LogP contribution in [0.3, 0.4) is 0 Å². The van der Waals surface area contributed by atoms with Gasteiger partial charge in [0.1, 0.15) is 0 Å². The number of benzene rings is 1. The second-order valence-electron chi connectivity index (χ2n) is 5.10. The smallest absolute Gasteiger partial charge is 0.0931 e. The van der Waals surface area contributed by atoms with E-state index in [1.54, 1.807) is 6.33 Å². The number of rotatable bonds is 4. The Morgan fingerprint density at radius 1 is 1.39 bits per heavy atom. The second-order valence-corrected chi connectivity index (χ2v) is 5.10. The summed E-state index contributed by atoms with van der Waals surface area (Å²) in [6.45, 7) is 4.39. The van der Waals surface area contributed by atoms with Crippen molar-refractivity contribution < 1.29 is 0 Å². The summed E-state index contributed by atoms with van der Waals surface area (Å²) in [6.07, 6.45) is 4.40. The van der Waals surface area contributed by atoms with Crippen molar-refractivity contribution in [2.75, 3.05) is 19.6 Å². The lowest BCUT2D eigenvalue weighted by Gasteiger charge is -2.22. The van der Waals surface area contributed by atoms with Crippen LogP contribution in [0.25, 0.3) is 11.0 Å². The Hall–Kier alpha value is -1.39. The van der Waals surface area contributed by atoms with E-state index < -0.39 is 0 Å². The van der Waals surface area contributed by atoms with Gasteiger partial charge in [-0.1, -0.05) is 6.07 Å². The highest BCUT2D eigenvalue weighted by Crippen LogP contribution is 2.12. The molecule has 0 radical (unpaired) electrons. The summed E-state index contributed by atoms with van der Waals surface area (Å²) in [7, 11) is 0. The van der Waals surface area contributed by atoms with Crippen molar-refractivity contribution >= 4 is 11.0 Å². The van der Waals surface area contributed by atoms with E-state index in [0.717, 1.165) is 36.6 Å². The molecule has 96 valence electrons. The molecular weight excluding hydrogens is 224 g/mol. The Balaban J connectivity index is 1.52. The molecule has 2 heterocycles. The summed E-state index contributed by atoms with van der Waals surface area (Å²) in [5.74, 6) is 0.787. The molecule has 0 saturated carbocycles. The van der Waals surface area contributed by atoms with Gasteiger partial charge in [-0.2, -0.15) is 0 Å². The molecule has 1 aliphatic rings. The van der Waals surface area contributed by atoms with Gasteiger partial charge in [-0.15, -0.1) is 0 Å². The maximum absolute atomic E-state index is 4.23. The van der Waals surface area contributed by atoms with Crippen molar-refractivity contribution in [2.24, 2.45) is 5.92 Å². The topological polar surface area (TPSA) is 52.7 Å². The van der Waals surface area contributed by atoms with E-state index in [4.69, 9.17) is 0 Å². The Labute approximate surface area is 107 Å². The fourth-order valence-electron chi connectivity index (χ4n) is 2.61. The molecule has 4 heteroatoms. The minimum Gasteiger partial charge on any atom is -0.345 e. The van der Waals surface area contributed by atoms with Crippen LogP contribution in [-0.2, 0) is 6.54 Å². The second kappa shape index (κ2) is 5.50. The van der Waals surface area contributed by atoms with Gasteiger partial charge in [0.25, 0.3) is 0 Å². The zero-order chi connectivity index (χ0) is 12.2. The lowest BCUT2D eigenvalue weighted by atomic mass is 10.00. The molecule has 1 aromatic carbocycles. The molecule has 4 nitrogen and oxygen atoms in total. The number of aromatic amines is 1. The van der Waals surface area contributed by atoms with Gasteiger partial charge in [0.15, 0.2) is 0 Å². The van der Waals surface area contributed by atoms with Gasteiger partial charge in [-0.05, 0) is 56.1 Å². The van der Waals surface area contributed by atoms with Crippen LogP contribution in [0.4, 0.5) is 0 Å². The average molecular weight is 244 g/mol. The van der Waals surface area contributed by atoms with E-state index in [1.807, 2.05) is 0 Å². The first kappa shape index (κ1) is 11.7. The maximum Gasteiger partial charge on any atom is 0.0931 e. The quantitative estimate of drug-likeness (QED) is 0.766. The van der Waals surface area contributed by atoms with Crippen LogP contribution < -0.4 is 10.6 Å². The molecule has 0 amide bonds. The largest absolute Gasteiger partial charge is 0.345 e. The number of fused-ring (bicyclic) bond motifs is 1. The molecule has 1 unspecified atom stereocenters. The van der Waals surface area contributed by atoms with Crippen LogP contribution in [0.1, 0.15) is 18.4 Å². The lowest BCUT2D eigenvalue weighted by molar-refractivity contribution is 0.360. The number of aromatic nitrogens is 2. The van der Waals surface area contributed by atoms with Gasteiger partial charge in [0.2, 0.25) is 0 Å². The molecule has 1 atom stereocenters. The summed E-state index contributed by atoms with van der Waals surface area (Å²) in [4.78, 5) is 7.38. The monoisotopic (exact) mass is 244 g/mol. The zero-order valence-electron chi connectivity index (χ0n) is 10.6. The van der Waals surface area contributed by atoms with Crippen LogP contribution >= 0.6 is 0 Å². The molecule has 1 aliphatic heterocycles. The van der Waals surface area contributed by atoms with Gasteiger partial charge in [0, 0.05) is 6.54 Å². The summed E-state index contributed by atoms with van der Waals surface area (Å²) < 4.78 is 0. The number of hydrogen-bond acceptors (Lipinski definition) is 3. The van der Waals surface area contributed by atoms with Crippen LogP contribution in [0.15, 0.2) is 24.5 Å². The lowest BCUT2D eigenvalue weighted by Crippen LogP contribution is -2.35. The summed E-state index contributed by atoms with van der Waals surface area (Å²) >= 11 is 0. The molecule has 2 aromatic rings. The first-order valence-corrected chi connectivity index (χ1v) is 6.75. The first-order valence-electron chi connectivity index (χ1n) is 6.75. The van der Waals surface area contributed by atoms with Crippen molar-refractivity contribution in [2.45, 2.75) is 19.4 Å². The molecular formula is C14H20N4. The SMILES string of the molecule is c1nc2ccc(CNCC3CCCNC3)cc2[nH]1. The van der Waals surface area contributed by atoms with Gasteiger partial charge in [-0.25, -0.2) is 4.98 Å². The summed E-state index contributed by atoms with van der Waals surface area (Å²) in [6, 6.07) is 6.40. The number of H-pyrrole nitrogens is 1. The normalized spacial score (nSPS) is 20.3. The fourth-order valence-corrected chi connectivity index (χ4v) is 2.61. The van der Waals surface area contributed by atoms with Gasteiger partial charge >= 0.3 is 0 Å². The molecule has 1 aromatic heterocycles. The van der Waals surface area contributed by atoms with Crippen molar-refractivity contribution in [3.63, 3.8) is 0 Å². The highest BCUT2D eigenvalue weighted by Gasteiger charge is 2.11. The average Bonchev–Trinajstić information content (AvgIpc) is 2.87. The molecule has 0 bridgehead atoms. The van der Waals surface area contributed by atoms with E-state index in [0.29, 0.717) is 0 Å². The predicted octanol–water partition coefficient (Wildman–Crippen LogP) is 1.65. The van der Waals surface area contributed by atoms with Crippen LogP contribution in [-0.4, -0.2) is 29.6 Å². The summed E-state index contributed by atoms with van der Waals surface area (Å²) in [5, 5.41) is 7.00. The van der Waals surface area contributed by atoms with Gasteiger partial charge in [0.05, 0.1) is 17.4 Å². The molecule has 1 saturated heterocycles. The predicted molar refractivity (Wildman–Crippen MR) is 73.4 cm³/mol. The highest BCUT2D eigenvalue weighted by atomic mass is 14.9. The Morgan fingerprint density at radius 2 is 2.39 bits per heavy atom. The maximum atomic E-state index is 4.23. The third-order valence-corrected chi connectivity index (χ3v) is 3.65. The molecule has 18 heavy (non-hydrogen) atoms. The van der Waals surface area contributed by atoms with Crippen molar-refractivity contribution in [1.82, 2.24) is 20.6 Å². The Kier molecular flexibility index (Phi) is 3.57. The van der Waals surface area contributed by atoms with Crippen LogP contribution in [0.2, 0.25) is 0 Å². The third-order valence-electron chi connectivity index (χ3n) is 3.65.